The summed E-state index contributed by atoms with van der Waals surface area (Å²) in [4.78, 5) is 16.4. The number of rotatable bonds is 3. The standard InChI is InChI=1S/C17H33N3O2/c1-13-10-15(7-8-19(13)5)18-11-14-6-9-20(12-14)16(21)22-17(2,3)4/h13-15,18H,6-12H2,1-5H3. The number of piperidine rings is 1. The summed E-state index contributed by atoms with van der Waals surface area (Å²) in [5.74, 6) is 0.558. The van der Waals surface area contributed by atoms with Gasteiger partial charge in [-0.15, -0.1) is 0 Å². The molecule has 0 aromatic carbocycles. The predicted molar refractivity (Wildman–Crippen MR) is 89.0 cm³/mol. The fourth-order valence-electron chi connectivity index (χ4n) is 3.30. The molecule has 2 saturated heterocycles. The molecule has 128 valence electrons. The molecule has 1 N–H and O–H groups in total. The van der Waals surface area contributed by atoms with E-state index in [9.17, 15) is 4.79 Å². The van der Waals surface area contributed by atoms with Gasteiger partial charge in [0.1, 0.15) is 5.60 Å². The van der Waals surface area contributed by atoms with Crippen molar-refractivity contribution in [2.45, 2.75) is 64.6 Å². The van der Waals surface area contributed by atoms with Crippen LogP contribution in [0.25, 0.3) is 0 Å². The van der Waals surface area contributed by atoms with Gasteiger partial charge in [0.05, 0.1) is 0 Å². The maximum Gasteiger partial charge on any atom is 0.410 e. The molecule has 0 aliphatic carbocycles. The van der Waals surface area contributed by atoms with Crippen molar-refractivity contribution in [3.63, 3.8) is 0 Å². The Bertz CT molecular complexity index is 381. The van der Waals surface area contributed by atoms with Crippen LogP contribution in [0.2, 0.25) is 0 Å². The SMILES string of the molecule is CC1CC(NCC2CCN(C(=O)OC(C)(C)C)C2)CCN1C. The molecule has 0 saturated carbocycles. The molecule has 2 rings (SSSR count). The minimum absolute atomic E-state index is 0.164. The van der Waals surface area contributed by atoms with Gasteiger partial charge in [0.25, 0.3) is 0 Å². The number of carbonyl (C=O) groups excluding carboxylic acids is 1. The molecule has 0 aromatic rings. The minimum atomic E-state index is -0.405. The van der Waals surface area contributed by atoms with E-state index in [0.29, 0.717) is 18.0 Å². The summed E-state index contributed by atoms with van der Waals surface area (Å²) in [6.45, 7) is 11.9. The molecule has 22 heavy (non-hydrogen) atoms. The van der Waals surface area contributed by atoms with Crippen LogP contribution in [0, 0.1) is 5.92 Å². The second kappa shape index (κ2) is 7.18. The summed E-state index contributed by atoms with van der Waals surface area (Å²) in [7, 11) is 2.20. The van der Waals surface area contributed by atoms with Gasteiger partial charge in [0, 0.05) is 25.2 Å². The van der Waals surface area contributed by atoms with E-state index in [2.05, 4.69) is 24.2 Å². The van der Waals surface area contributed by atoms with Crippen LogP contribution in [-0.2, 0) is 4.74 Å². The number of nitrogens with one attached hydrogen (secondary N) is 1. The monoisotopic (exact) mass is 311 g/mol. The van der Waals surface area contributed by atoms with E-state index in [1.807, 2.05) is 25.7 Å². The van der Waals surface area contributed by atoms with Gasteiger partial charge < -0.3 is 19.9 Å². The van der Waals surface area contributed by atoms with E-state index in [1.165, 1.54) is 19.4 Å². The highest BCUT2D eigenvalue weighted by Crippen LogP contribution is 2.20. The molecule has 2 aliphatic rings. The van der Waals surface area contributed by atoms with Crippen molar-refractivity contribution in [1.82, 2.24) is 15.1 Å². The van der Waals surface area contributed by atoms with E-state index in [1.54, 1.807) is 0 Å². The third kappa shape index (κ3) is 5.13. The molecule has 2 aliphatic heterocycles. The molecular weight excluding hydrogens is 278 g/mol. The van der Waals surface area contributed by atoms with Crippen molar-refractivity contribution < 1.29 is 9.53 Å². The summed E-state index contributed by atoms with van der Waals surface area (Å²) < 4.78 is 5.45. The van der Waals surface area contributed by atoms with E-state index in [4.69, 9.17) is 4.74 Å². The summed E-state index contributed by atoms with van der Waals surface area (Å²) in [5.41, 5.74) is -0.405. The van der Waals surface area contributed by atoms with Crippen molar-refractivity contribution in [2.75, 3.05) is 33.2 Å². The zero-order valence-electron chi connectivity index (χ0n) is 14.9. The van der Waals surface area contributed by atoms with Crippen molar-refractivity contribution in [1.29, 1.82) is 0 Å². The second-order valence-corrected chi connectivity index (χ2v) is 8.04. The topological polar surface area (TPSA) is 44.8 Å². The lowest BCUT2D eigenvalue weighted by molar-refractivity contribution is 0.0288. The lowest BCUT2D eigenvalue weighted by Gasteiger charge is -2.35. The Hall–Kier alpha value is -0.810. The van der Waals surface area contributed by atoms with Crippen LogP contribution in [-0.4, -0.2) is 66.8 Å². The average Bonchev–Trinajstić information content (AvgIpc) is 2.87. The molecule has 0 bridgehead atoms. The zero-order chi connectivity index (χ0) is 16.3. The number of likely N-dealkylation sites (tertiary alicyclic amines) is 2. The van der Waals surface area contributed by atoms with E-state index >= 15 is 0 Å². The first-order chi connectivity index (χ1) is 10.2. The molecule has 0 aromatic heterocycles. The summed E-state index contributed by atoms with van der Waals surface area (Å²) in [5, 5.41) is 3.72. The number of nitrogens with zero attached hydrogens (tertiary/aromatic N) is 2. The van der Waals surface area contributed by atoms with E-state index < -0.39 is 5.60 Å². The molecule has 3 atom stereocenters. The largest absolute Gasteiger partial charge is 0.444 e. The van der Waals surface area contributed by atoms with Gasteiger partial charge in [0.2, 0.25) is 0 Å². The molecule has 1 amide bonds. The lowest BCUT2D eigenvalue weighted by atomic mass is 9.98. The maximum atomic E-state index is 12.1. The molecule has 3 unspecified atom stereocenters. The van der Waals surface area contributed by atoms with Gasteiger partial charge in [-0.05, 0) is 73.0 Å². The van der Waals surface area contributed by atoms with Crippen LogP contribution in [0.4, 0.5) is 4.79 Å². The van der Waals surface area contributed by atoms with Crippen molar-refractivity contribution in [2.24, 2.45) is 5.92 Å². The van der Waals surface area contributed by atoms with E-state index in [0.717, 1.165) is 26.1 Å². The van der Waals surface area contributed by atoms with Gasteiger partial charge >= 0.3 is 6.09 Å². The molecule has 2 heterocycles. The van der Waals surface area contributed by atoms with Crippen molar-refractivity contribution in [3.8, 4) is 0 Å². The third-order valence-electron chi connectivity index (χ3n) is 4.84. The first kappa shape index (κ1) is 17.5. The number of amides is 1. The summed E-state index contributed by atoms with van der Waals surface area (Å²) >= 11 is 0. The van der Waals surface area contributed by atoms with Gasteiger partial charge in [-0.3, -0.25) is 0 Å². The number of carbonyl (C=O) groups is 1. The van der Waals surface area contributed by atoms with Crippen LogP contribution in [0.3, 0.4) is 0 Å². The van der Waals surface area contributed by atoms with Gasteiger partial charge in [0.15, 0.2) is 0 Å². The minimum Gasteiger partial charge on any atom is -0.444 e. The predicted octanol–water partition coefficient (Wildman–Crippen LogP) is 2.32. The Morgan fingerprint density at radius 2 is 2.00 bits per heavy atom. The summed E-state index contributed by atoms with van der Waals surface area (Å²) in [6, 6.07) is 1.29. The molecular formula is C17H33N3O2. The number of ether oxygens (including phenoxy) is 1. The van der Waals surface area contributed by atoms with Crippen LogP contribution >= 0.6 is 0 Å². The Morgan fingerprint density at radius 1 is 1.27 bits per heavy atom. The quantitative estimate of drug-likeness (QED) is 0.869. The lowest BCUT2D eigenvalue weighted by Crippen LogP contribution is -2.46. The van der Waals surface area contributed by atoms with Gasteiger partial charge in [-0.2, -0.15) is 0 Å². The third-order valence-corrected chi connectivity index (χ3v) is 4.84. The van der Waals surface area contributed by atoms with Gasteiger partial charge in [-0.25, -0.2) is 4.79 Å². The molecule has 5 heteroatoms. The Balaban J connectivity index is 1.69. The fraction of sp³-hybridized carbons (Fsp3) is 0.941. The first-order valence-corrected chi connectivity index (χ1v) is 8.66. The summed E-state index contributed by atoms with van der Waals surface area (Å²) in [6.07, 6.45) is 3.36. The Kier molecular flexibility index (Phi) is 5.72. The molecule has 5 nitrogen and oxygen atoms in total. The highest BCUT2D eigenvalue weighted by Gasteiger charge is 2.30. The highest BCUT2D eigenvalue weighted by molar-refractivity contribution is 5.68. The molecule has 0 spiro atoms. The Morgan fingerprint density at radius 3 is 2.64 bits per heavy atom. The highest BCUT2D eigenvalue weighted by atomic mass is 16.6. The maximum absolute atomic E-state index is 12.1. The Labute approximate surface area is 135 Å². The smallest absolute Gasteiger partial charge is 0.410 e. The number of hydrogen-bond acceptors (Lipinski definition) is 4. The normalized spacial score (nSPS) is 30.6. The number of hydrogen-bond donors (Lipinski definition) is 1. The van der Waals surface area contributed by atoms with E-state index in [-0.39, 0.29) is 6.09 Å². The van der Waals surface area contributed by atoms with Crippen LogP contribution in [0.15, 0.2) is 0 Å². The van der Waals surface area contributed by atoms with Crippen molar-refractivity contribution in [3.05, 3.63) is 0 Å². The van der Waals surface area contributed by atoms with Crippen LogP contribution in [0.5, 0.6) is 0 Å². The fourth-order valence-corrected chi connectivity index (χ4v) is 3.30. The zero-order valence-corrected chi connectivity index (χ0v) is 14.9. The molecule has 2 fully saturated rings. The van der Waals surface area contributed by atoms with Crippen molar-refractivity contribution >= 4 is 6.09 Å². The van der Waals surface area contributed by atoms with Gasteiger partial charge in [-0.1, -0.05) is 0 Å². The second-order valence-electron chi connectivity index (χ2n) is 8.04. The van der Waals surface area contributed by atoms with Crippen LogP contribution < -0.4 is 5.32 Å². The molecule has 0 radical (unpaired) electrons. The first-order valence-electron chi connectivity index (χ1n) is 8.66. The average molecular weight is 311 g/mol. The van der Waals surface area contributed by atoms with Crippen LogP contribution in [0.1, 0.15) is 47.0 Å².